The number of H-pyrrole nitrogens is 1. The first-order valence-corrected chi connectivity index (χ1v) is 9.37. The fourth-order valence-electron chi connectivity index (χ4n) is 3.46. The largest absolute Gasteiger partial charge is 0.328 e. The van der Waals surface area contributed by atoms with Gasteiger partial charge in [0.1, 0.15) is 0 Å². The number of amides is 1. The molecule has 5 heterocycles. The highest BCUT2D eigenvalue weighted by Gasteiger charge is 2.29. The first-order chi connectivity index (χ1) is 13.1. The predicted octanol–water partition coefficient (Wildman–Crippen LogP) is 2.61. The van der Waals surface area contributed by atoms with E-state index in [0.717, 1.165) is 16.1 Å². The summed E-state index contributed by atoms with van der Waals surface area (Å²) < 4.78 is 1.49. The van der Waals surface area contributed by atoms with Gasteiger partial charge >= 0.3 is 0 Å². The molecule has 5 rings (SSSR count). The van der Waals surface area contributed by atoms with E-state index in [1.807, 2.05) is 24.4 Å². The number of hydrogen-bond acceptors (Lipinski definition) is 5. The average Bonchev–Trinajstić information content (AvgIpc) is 3.42. The zero-order valence-electron chi connectivity index (χ0n) is 14.5. The third-order valence-electron chi connectivity index (χ3n) is 4.87. The van der Waals surface area contributed by atoms with Crippen LogP contribution >= 0.6 is 11.3 Å². The van der Waals surface area contributed by atoms with Gasteiger partial charge in [0, 0.05) is 23.5 Å². The third-order valence-corrected chi connectivity index (χ3v) is 5.76. The summed E-state index contributed by atoms with van der Waals surface area (Å²) >= 11 is 1.61. The van der Waals surface area contributed by atoms with Gasteiger partial charge in [-0.1, -0.05) is 6.07 Å². The first kappa shape index (κ1) is 16.0. The van der Waals surface area contributed by atoms with Gasteiger partial charge in [0.15, 0.2) is 5.65 Å². The summed E-state index contributed by atoms with van der Waals surface area (Å²) in [6, 6.07) is 7.33. The van der Waals surface area contributed by atoms with Crippen LogP contribution in [0.15, 0.2) is 46.8 Å². The Morgan fingerprint density at radius 1 is 1.22 bits per heavy atom. The number of fused-ring (bicyclic) bond motifs is 2. The molecular weight excluding hydrogens is 362 g/mol. The fraction of sp³-hybridized carbons (Fsp3) is 0.158. The minimum absolute atomic E-state index is 0.126. The number of thiophene rings is 1. The van der Waals surface area contributed by atoms with Crippen molar-refractivity contribution < 1.29 is 4.79 Å². The van der Waals surface area contributed by atoms with Gasteiger partial charge in [0.2, 0.25) is 0 Å². The molecule has 0 bridgehead atoms. The number of carbonyl (C=O) groups excluding carboxylic acids is 1. The predicted molar refractivity (Wildman–Crippen MR) is 102 cm³/mol. The van der Waals surface area contributed by atoms with Crippen LogP contribution in [0.4, 0.5) is 0 Å². The van der Waals surface area contributed by atoms with Crippen molar-refractivity contribution in [3.8, 4) is 10.6 Å². The molecule has 0 atom stereocenters. The molecule has 27 heavy (non-hydrogen) atoms. The molecule has 0 unspecified atom stereocenters. The molecule has 0 saturated heterocycles. The summed E-state index contributed by atoms with van der Waals surface area (Å²) in [5.41, 5.74) is 4.08. The minimum atomic E-state index is -0.147. The van der Waals surface area contributed by atoms with Gasteiger partial charge in [-0.25, -0.2) is 9.50 Å². The Bertz CT molecular complexity index is 1220. The van der Waals surface area contributed by atoms with Crippen LogP contribution in [0.1, 0.15) is 27.2 Å². The van der Waals surface area contributed by atoms with Crippen molar-refractivity contribution in [2.24, 2.45) is 0 Å². The molecule has 4 aromatic rings. The van der Waals surface area contributed by atoms with Gasteiger partial charge < -0.3 is 4.90 Å². The van der Waals surface area contributed by atoms with Gasteiger partial charge in [0.25, 0.3) is 11.5 Å². The van der Waals surface area contributed by atoms with E-state index in [-0.39, 0.29) is 18.0 Å². The van der Waals surface area contributed by atoms with Crippen molar-refractivity contribution in [1.82, 2.24) is 24.5 Å². The number of nitrogens with zero attached hydrogens (tertiary/aromatic N) is 4. The molecule has 1 amide bonds. The molecule has 0 saturated carbocycles. The molecule has 0 spiro atoms. The van der Waals surface area contributed by atoms with E-state index in [1.54, 1.807) is 40.8 Å². The second kappa shape index (κ2) is 5.88. The van der Waals surface area contributed by atoms with Gasteiger partial charge in [-0.2, -0.15) is 0 Å². The molecule has 1 N–H and O–H groups in total. The quantitative estimate of drug-likeness (QED) is 0.582. The maximum absolute atomic E-state index is 13.0. The van der Waals surface area contributed by atoms with E-state index in [4.69, 9.17) is 4.98 Å². The number of aryl methyl sites for hydroxylation is 1. The van der Waals surface area contributed by atoms with E-state index in [2.05, 4.69) is 10.1 Å². The number of nitrogens with one attached hydrogen (secondary N) is 1. The molecule has 1 aliphatic rings. The molecule has 1 aliphatic heterocycles. The number of hydrogen-bond donors (Lipinski definition) is 1. The molecule has 134 valence electrons. The molecule has 7 nitrogen and oxygen atoms in total. The van der Waals surface area contributed by atoms with E-state index in [0.29, 0.717) is 29.0 Å². The number of pyridine rings is 1. The smallest absolute Gasteiger partial charge is 0.278 e. The second-order valence-electron chi connectivity index (χ2n) is 6.49. The van der Waals surface area contributed by atoms with Crippen LogP contribution in [0.2, 0.25) is 0 Å². The van der Waals surface area contributed by atoms with Crippen LogP contribution in [-0.4, -0.2) is 30.4 Å². The lowest BCUT2D eigenvalue weighted by molar-refractivity contribution is 0.0750. The number of aromatic nitrogens is 4. The molecule has 0 fully saturated rings. The summed E-state index contributed by atoms with van der Waals surface area (Å²) in [4.78, 5) is 37.0. The van der Waals surface area contributed by atoms with Crippen molar-refractivity contribution in [3.63, 3.8) is 0 Å². The zero-order chi connectivity index (χ0) is 18.5. The fourth-order valence-corrected chi connectivity index (χ4v) is 4.24. The Morgan fingerprint density at radius 3 is 2.78 bits per heavy atom. The second-order valence-corrected chi connectivity index (χ2v) is 7.44. The van der Waals surface area contributed by atoms with Gasteiger partial charge in [-0.05, 0) is 30.5 Å². The third kappa shape index (κ3) is 2.41. The standard InChI is InChI=1S/C19H15N5O2S/c1-11-16(15-3-2-8-27-15)22-24-17(11)21-14-10-23(9-13(14)19(24)26)18(25)12-4-6-20-7-5-12/h2-8,22H,9-10H2,1H3. The molecule has 4 aromatic heterocycles. The highest BCUT2D eigenvalue weighted by atomic mass is 32.1. The number of rotatable bonds is 2. The molecule has 8 heteroatoms. The summed E-state index contributed by atoms with van der Waals surface area (Å²) in [6.07, 6.45) is 3.17. The van der Waals surface area contributed by atoms with Crippen molar-refractivity contribution in [1.29, 1.82) is 0 Å². The number of carbonyl (C=O) groups is 1. The van der Waals surface area contributed by atoms with Crippen LogP contribution in [0.3, 0.4) is 0 Å². The van der Waals surface area contributed by atoms with Crippen LogP contribution in [-0.2, 0) is 13.1 Å². The molecule has 0 aromatic carbocycles. The zero-order valence-corrected chi connectivity index (χ0v) is 15.3. The Balaban J connectivity index is 1.57. The maximum atomic E-state index is 13.0. The highest BCUT2D eigenvalue weighted by Crippen LogP contribution is 2.29. The summed E-state index contributed by atoms with van der Waals surface area (Å²) in [7, 11) is 0. The van der Waals surface area contributed by atoms with E-state index in [1.165, 1.54) is 4.52 Å². The monoisotopic (exact) mass is 377 g/mol. The topological polar surface area (TPSA) is 83.4 Å². The summed E-state index contributed by atoms with van der Waals surface area (Å²) in [5.74, 6) is -0.126. The van der Waals surface area contributed by atoms with E-state index in [9.17, 15) is 9.59 Å². The first-order valence-electron chi connectivity index (χ1n) is 8.50. The van der Waals surface area contributed by atoms with Crippen LogP contribution in [0.5, 0.6) is 0 Å². The van der Waals surface area contributed by atoms with Crippen LogP contribution in [0, 0.1) is 6.92 Å². The van der Waals surface area contributed by atoms with Crippen molar-refractivity contribution >= 4 is 22.9 Å². The average molecular weight is 377 g/mol. The van der Waals surface area contributed by atoms with Crippen molar-refractivity contribution in [2.45, 2.75) is 20.0 Å². The lowest BCUT2D eigenvalue weighted by Gasteiger charge is -2.14. The molecular formula is C19H15N5O2S. The Hall–Kier alpha value is -3.26. The van der Waals surface area contributed by atoms with Crippen LogP contribution < -0.4 is 5.56 Å². The van der Waals surface area contributed by atoms with Crippen molar-refractivity contribution in [2.75, 3.05) is 0 Å². The Kier molecular flexibility index (Phi) is 3.48. The number of aromatic amines is 1. The van der Waals surface area contributed by atoms with Crippen LogP contribution in [0.25, 0.3) is 16.2 Å². The maximum Gasteiger partial charge on any atom is 0.278 e. The SMILES string of the molecule is Cc1c(-c2cccs2)[nH]n2c(=O)c3c(nc12)CN(C(=O)c1ccncc1)C3. The van der Waals surface area contributed by atoms with Gasteiger partial charge in [0.05, 0.1) is 34.9 Å². The highest BCUT2D eigenvalue weighted by molar-refractivity contribution is 7.13. The Labute approximate surface area is 157 Å². The van der Waals surface area contributed by atoms with Gasteiger partial charge in [-0.3, -0.25) is 19.7 Å². The molecule has 0 radical (unpaired) electrons. The Morgan fingerprint density at radius 2 is 2.04 bits per heavy atom. The molecule has 0 aliphatic carbocycles. The van der Waals surface area contributed by atoms with E-state index >= 15 is 0 Å². The summed E-state index contributed by atoms with van der Waals surface area (Å²) in [5, 5.41) is 5.18. The van der Waals surface area contributed by atoms with E-state index < -0.39 is 0 Å². The summed E-state index contributed by atoms with van der Waals surface area (Å²) in [6.45, 7) is 2.55. The minimum Gasteiger partial charge on any atom is -0.328 e. The van der Waals surface area contributed by atoms with Crippen molar-refractivity contribution in [3.05, 3.63) is 74.8 Å². The lowest BCUT2D eigenvalue weighted by atomic mass is 10.2. The van der Waals surface area contributed by atoms with Gasteiger partial charge in [-0.15, -0.1) is 11.3 Å². The lowest BCUT2D eigenvalue weighted by Crippen LogP contribution is -2.26. The normalized spacial score (nSPS) is 13.3.